The fourth-order valence-corrected chi connectivity index (χ4v) is 3.97. The van der Waals surface area contributed by atoms with E-state index >= 15 is 0 Å². The lowest BCUT2D eigenvalue weighted by molar-refractivity contribution is 0.00752. The van der Waals surface area contributed by atoms with E-state index in [-0.39, 0.29) is 0 Å². The number of aliphatic imine (C=N–C) groups is 1. The normalized spacial score (nSPS) is 17.8. The summed E-state index contributed by atoms with van der Waals surface area (Å²) in [6, 6.07) is 0.473. The highest BCUT2D eigenvalue weighted by Crippen LogP contribution is 2.13. The van der Waals surface area contributed by atoms with Crippen LogP contribution in [0.4, 0.5) is 0 Å². The zero-order valence-corrected chi connectivity index (χ0v) is 16.8. The summed E-state index contributed by atoms with van der Waals surface area (Å²) in [6.45, 7) is 12.6. The Kier molecular flexibility index (Phi) is 6.87. The first-order valence-electron chi connectivity index (χ1n) is 9.42. The molecule has 1 aliphatic heterocycles. The topological polar surface area (TPSA) is 66.2 Å². The molecule has 144 valence electrons. The van der Waals surface area contributed by atoms with Crippen molar-refractivity contribution in [3.63, 3.8) is 0 Å². The van der Waals surface area contributed by atoms with Crippen LogP contribution in [0, 0.1) is 5.92 Å². The summed E-state index contributed by atoms with van der Waals surface area (Å²) in [5.74, 6) is 1.42. The smallest absolute Gasteiger partial charge is 0.193 e. The van der Waals surface area contributed by atoms with Crippen molar-refractivity contribution in [3.8, 4) is 0 Å². The van der Waals surface area contributed by atoms with Crippen LogP contribution < -0.4 is 10.6 Å². The maximum atomic E-state index is 5.49. The molecule has 0 amide bonds. The van der Waals surface area contributed by atoms with Gasteiger partial charge in [-0.25, -0.2) is 9.98 Å². The number of morpholine rings is 1. The largest absolute Gasteiger partial charge is 0.379 e. The minimum Gasteiger partial charge on any atom is -0.379 e. The zero-order chi connectivity index (χ0) is 18.4. The molecule has 0 radical (unpaired) electrons. The molecule has 1 saturated heterocycles. The van der Waals surface area contributed by atoms with Crippen molar-refractivity contribution in [2.24, 2.45) is 10.9 Å². The highest BCUT2D eigenvalue weighted by Gasteiger charge is 2.23. The number of rotatable bonds is 7. The molecule has 1 atom stereocenters. The first-order valence-corrected chi connectivity index (χ1v) is 10.3. The Bertz CT molecular complexity index is 675. The van der Waals surface area contributed by atoms with E-state index in [0.29, 0.717) is 18.5 Å². The molecule has 0 saturated carbocycles. The van der Waals surface area contributed by atoms with Gasteiger partial charge in [-0.15, -0.1) is 11.3 Å². The molecule has 3 heterocycles. The van der Waals surface area contributed by atoms with Gasteiger partial charge in [-0.05, 0) is 12.8 Å². The minimum absolute atomic E-state index is 0.473. The number of aromatic nitrogens is 2. The summed E-state index contributed by atoms with van der Waals surface area (Å²) in [6.07, 6.45) is 4.07. The number of nitrogens with zero attached hydrogens (tertiary/aromatic N) is 4. The second-order valence-electron chi connectivity index (χ2n) is 6.86. The Labute approximate surface area is 159 Å². The summed E-state index contributed by atoms with van der Waals surface area (Å²) >= 11 is 1.64. The van der Waals surface area contributed by atoms with E-state index in [0.717, 1.165) is 56.0 Å². The molecule has 26 heavy (non-hydrogen) atoms. The van der Waals surface area contributed by atoms with Crippen LogP contribution in [0.25, 0.3) is 4.96 Å². The third-order valence-electron chi connectivity index (χ3n) is 4.65. The maximum Gasteiger partial charge on any atom is 0.193 e. The van der Waals surface area contributed by atoms with E-state index in [9.17, 15) is 0 Å². The van der Waals surface area contributed by atoms with E-state index in [4.69, 9.17) is 9.73 Å². The number of fused-ring (bicyclic) bond motifs is 1. The van der Waals surface area contributed by atoms with Crippen LogP contribution >= 0.6 is 11.3 Å². The summed E-state index contributed by atoms with van der Waals surface area (Å²) in [5.41, 5.74) is 0.989. The van der Waals surface area contributed by atoms with E-state index in [1.54, 1.807) is 11.3 Å². The van der Waals surface area contributed by atoms with Gasteiger partial charge >= 0.3 is 0 Å². The Morgan fingerprint density at radius 2 is 2.15 bits per heavy atom. The van der Waals surface area contributed by atoms with E-state index in [2.05, 4.69) is 41.3 Å². The monoisotopic (exact) mass is 378 g/mol. The molecule has 8 heteroatoms. The molecule has 0 spiro atoms. The first-order chi connectivity index (χ1) is 12.7. The Hall–Kier alpha value is -1.64. The molecule has 0 bridgehead atoms. The lowest BCUT2D eigenvalue weighted by Gasteiger charge is -2.37. The Morgan fingerprint density at radius 3 is 2.85 bits per heavy atom. The number of nitrogens with one attached hydrogen (secondary N) is 2. The molecule has 1 unspecified atom stereocenters. The van der Waals surface area contributed by atoms with Crippen LogP contribution in [0.2, 0.25) is 0 Å². The zero-order valence-electron chi connectivity index (χ0n) is 15.9. The fraction of sp³-hybridized carbons (Fsp3) is 0.667. The van der Waals surface area contributed by atoms with Gasteiger partial charge in [0.05, 0.1) is 25.5 Å². The van der Waals surface area contributed by atoms with Crippen molar-refractivity contribution < 1.29 is 4.74 Å². The SMILES string of the molecule is CCNC(=NCc1cn2ccsc2n1)NCC(C(C)C)N1CCOCC1. The predicted octanol–water partition coefficient (Wildman–Crippen LogP) is 1.81. The molecule has 1 aliphatic rings. The van der Waals surface area contributed by atoms with Gasteiger partial charge in [0.1, 0.15) is 0 Å². The van der Waals surface area contributed by atoms with Crippen molar-refractivity contribution in [3.05, 3.63) is 23.5 Å². The van der Waals surface area contributed by atoms with Gasteiger partial charge in [-0.2, -0.15) is 0 Å². The number of ether oxygens (including phenoxy) is 1. The third-order valence-corrected chi connectivity index (χ3v) is 5.42. The van der Waals surface area contributed by atoms with Gasteiger partial charge in [-0.1, -0.05) is 13.8 Å². The first kappa shape index (κ1) is 19.1. The van der Waals surface area contributed by atoms with Crippen molar-refractivity contribution in [1.82, 2.24) is 24.9 Å². The number of hydrogen-bond acceptors (Lipinski definition) is 5. The fourth-order valence-electron chi connectivity index (χ4n) is 3.25. The van der Waals surface area contributed by atoms with Crippen molar-refractivity contribution in [2.75, 3.05) is 39.4 Å². The van der Waals surface area contributed by atoms with Crippen LogP contribution in [0.15, 0.2) is 22.8 Å². The Balaban J connectivity index is 1.59. The third kappa shape index (κ3) is 4.96. The molecule has 7 nitrogen and oxygen atoms in total. The predicted molar refractivity (Wildman–Crippen MR) is 107 cm³/mol. The Morgan fingerprint density at radius 1 is 1.35 bits per heavy atom. The summed E-state index contributed by atoms with van der Waals surface area (Å²) < 4.78 is 7.54. The number of hydrogen-bond donors (Lipinski definition) is 2. The van der Waals surface area contributed by atoms with Gasteiger partial charge in [0.2, 0.25) is 0 Å². The molecule has 2 aromatic rings. The molecule has 2 N–H and O–H groups in total. The van der Waals surface area contributed by atoms with Gasteiger partial charge in [-0.3, -0.25) is 9.30 Å². The van der Waals surface area contributed by atoms with Crippen molar-refractivity contribution >= 4 is 22.3 Å². The molecule has 0 aliphatic carbocycles. The number of thiazole rings is 1. The lowest BCUT2D eigenvalue weighted by Crippen LogP contribution is -2.52. The van der Waals surface area contributed by atoms with E-state index in [1.165, 1.54) is 0 Å². The minimum atomic E-state index is 0.473. The number of guanidine groups is 1. The van der Waals surface area contributed by atoms with Crippen LogP contribution in [0.3, 0.4) is 0 Å². The van der Waals surface area contributed by atoms with Crippen LogP contribution in [0.5, 0.6) is 0 Å². The summed E-state index contributed by atoms with van der Waals surface area (Å²) in [7, 11) is 0. The summed E-state index contributed by atoms with van der Waals surface area (Å²) in [5, 5.41) is 8.90. The van der Waals surface area contributed by atoms with Gasteiger partial charge in [0.25, 0.3) is 0 Å². The van der Waals surface area contributed by atoms with Gasteiger partial charge in [0.15, 0.2) is 10.9 Å². The van der Waals surface area contributed by atoms with Crippen LogP contribution in [0.1, 0.15) is 26.5 Å². The molecule has 0 aromatic carbocycles. The average molecular weight is 379 g/mol. The second-order valence-corrected chi connectivity index (χ2v) is 7.73. The van der Waals surface area contributed by atoms with Crippen LogP contribution in [-0.2, 0) is 11.3 Å². The van der Waals surface area contributed by atoms with Gasteiger partial charge in [0, 0.05) is 50.0 Å². The van der Waals surface area contributed by atoms with Crippen LogP contribution in [-0.4, -0.2) is 65.7 Å². The quantitative estimate of drug-likeness (QED) is 0.568. The van der Waals surface area contributed by atoms with Crippen molar-refractivity contribution in [1.29, 1.82) is 0 Å². The lowest BCUT2D eigenvalue weighted by atomic mass is 10.0. The molecular weight excluding hydrogens is 348 g/mol. The molecular formula is C18H30N6OS. The average Bonchev–Trinajstić information content (AvgIpc) is 3.22. The van der Waals surface area contributed by atoms with Gasteiger partial charge < -0.3 is 15.4 Å². The summed E-state index contributed by atoms with van der Waals surface area (Å²) in [4.78, 5) is 12.8. The van der Waals surface area contributed by atoms with Crippen molar-refractivity contribution in [2.45, 2.75) is 33.4 Å². The molecule has 2 aromatic heterocycles. The standard InChI is InChI=1S/C18H30N6OS/c1-4-19-17(20-11-15-13-24-7-10-26-18(24)22-15)21-12-16(14(2)3)23-5-8-25-9-6-23/h7,10,13-14,16H,4-6,8-9,11-12H2,1-3H3,(H2,19,20,21). The van der Waals surface area contributed by atoms with E-state index in [1.807, 2.05) is 22.2 Å². The molecule has 1 fully saturated rings. The maximum absolute atomic E-state index is 5.49. The highest BCUT2D eigenvalue weighted by molar-refractivity contribution is 7.15. The second kappa shape index (κ2) is 9.34. The van der Waals surface area contributed by atoms with E-state index < -0.39 is 0 Å². The molecule has 3 rings (SSSR count). The highest BCUT2D eigenvalue weighted by atomic mass is 32.1. The number of imidazole rings is 1.